The van der Waals surface area contributed by atoms with Gasteiger partial charge in [-0.25, -0.2) is 14.5 Å². The summed E-state index contributed by atoms with van der Waals surface area (Å²) in [6.07, 6.45) is 1.26. The van der Waals surface area contributed by atoms with Gasteiger partial charge in [-0.15, -0.1) is 0 Å². The zero-order valence-corrected chi connectivity index (χ0v) is 23.4. The van der Waals surface area contributed by atoms with Crippen LogP contribution >= 0.6 is 23.2 Å². The zero-order chi connectivity index (χ0) is 27.7. The Kier molecular flexibility index (Phi) is 7.46. The van der Waals surface area contributed by atoms with E-state index in [1.807, 2.05) is 49.4 Å². The van der Waals surface area contributed by atoms with Crippen LogP contribution in [0, 0.1) is 0 Å². The van der Waals surface area contributed by atoms with E-state index in [0.29, 0.717) is 23.3 Å². The van der Waals surface area contributed by atoms with E-state index >= 15 is 0 Å². The van der Waals surface area contributed by atoms with Gasteiger partial charge < -0.3 is 24.0 Å². The first-order chi connectivity index (χ1) is 19.4. The molecule has 0 amide bonds. The lowest BCUT2D eigenvalue weighted by atomic mass is 10.1. The zero-order valence-electron chi connectivity index (χ0n) is 21.9. The molecule has 0 saturated carbocycles. The van der Waals surface area contributed by atoms with Crippen LogP contribution in [0.5, 0.6) is 5.75 Å². The van der Waals surface area contributed by atoms with Gasteiger partial charge in [-0.3, -0.25) is 0 Å². The average Bonchev–Trinajstić information content (AvgIpc) is 3.58. The second-order valence-corrected chi connectivity index (χ2v) is 10.8. The summed E-state index contributed by atoms with van der Waals surface area (Å²) in [4.78, 5) is 16.5. The van der Waals surface area contributed by atoms with Crippen LogP contribution in [0.25, 0.3) is 5.69 Å². The Morgan fingerprint density at radius 1 is 0.950 bits per heavy atom. The van der Waals surface area contributed by atoms with Crippen LogP contribution in [-0.2, 0) is 15.3 Å². The predicted octanol–water partition coefficient (Wildman–Crippen LogP) is 4.86. The van der Waals surface area contributed by atoms with Crippen molar-refractivity contribution in [3.63, 3.8) is 0 Å². The van der Waals surface area contributed by atoms with E-state index < -0.39 is 5.79 Å². The molecule has 11 heteroatoms. The molecule has 2 fully saturated rings. The fourth-order valence-electron chi connectivity index (χ4n) is 5.14. The van der Waals surface area contributed by atoms with Crippen LogP contribution in [0.15, 0.2) is 77.9 Å². The molecule has 0 aliphatic carbocycles. The minimum absolute atomic E-state index is 0.223. The van der Waals surface area contributed by atoms with Gasteiger partial charge >= 0.3 is 5.69 Å². The molecule has 208 valence electrons. The van der Waals surface area contributed by atoms with Crippen LogP contribution in [0.1, 0.15) is 12.5 Å². The molecule has 9 nitrogen and oxygen atoms in total. The monoisotopic (exact) mass is 581 g/mol. The second kappa shape index (κ2) is 11.2. The maximum atomic E-state index is 11.8. The number of aromatic nitrogens is 3. The van der Waals surface area contributed by atoms with Crippen molar-refractivity contribution >= 4 is 34.6 Å². The molecule has 6 rings (SSSR count). The molecule has 0 radical (unpaired) electrons. The number of H-pyrrole nitrogens is 1. The molecule has 0 unspecified atom stereocenters. The normalized spacial score (nSPS) is 21.1. The van der Waals surface area contributed by atoms with E-state index in [1.165, 1.54) is 10.9 Å². The topological polar surface area (TPSA) is 84.9 Å². The van der Waals surface area contributed by atoms with Crippen LogP contribution < -0.4 is 20.2 Å². The Morgan fingerprint density at radius 3 is 2.17 bits per heavy atom. The van der Waals surface area contributed by atoms with Gasteiger partial charge in [-0.2, -0.15) is 5.10 Å². The molecule has 40 heavy (non-hydrogen) atoms. The van der Waals surface area contributed by atoms with Crippen molar-refractivity contribution in [1.82, 2.24) is 14.8 Å². The molecule has 3 aromatic carbocycles. The quantitative estimate of drug-likeness (QED) is 0.333. The van der Waals surface area contributed by atoms with Crippen molar-refractivity contribution < 1.29 is 14.2 Å². The van der Waals surface area contributed by atoms with E-state index in [2.05, 4.69) is 32.1 Å². The molecule has 0 bridgehead atoms. The summed E-state index contributed by atoms with van der Waals surface area (Å²) in [5, 5.41) is 7.28. The van der Waals surface area contributed by atoms with Crippen molar-refractivity contribution in [2.45, 2.75) is 18.8 Å². The van der Waals surface area contributed by atoms with Crippen LogP contribution in [0.4, 0.5) is 11.4 Å². The summed E-state index contributed by atoms with van der Waals surface area (Å²) < 4.78 is 19.6. The highest BCUT2D eigenvalue weighted by atomic mass is 35.5. The smallest absolute Gasteiger partial charge is 0.347 e. The van der Waals surface area contributed by atoms with Gasteiger partial charge in [0.05, 0.1) is 17.3 Å². The molecule has 2 aliphatic rings. The van der Waals surface area contributed by atoms with Gasteiger partial charge in [-0.1, -0.05) is 29.3 Å². The highest BCUT2D eigenvalue weighted by Crippen LogP contribution is 2.38. The largest absolute Gasteiger partial charge is 0.491 e. The van der Waals surface area contributed by atoms with Crippen LogP contribution in [0.2, 0.25) is 10.0 Å². The highest BCUT2D eigenvalue weighted by Gasteiger charge is 2.40. The fraction of sp³-hybridized carbons (Fsp3) is 0.310. The first-order valence-electron chi connectivity index (χ1n) is 13.1. The Balaban J connectivity index is 0.993. The summed E-state index contributed by atoms with van der Waals surface area (Å²) in [5.74, 6) is -0.163. The van der Waals surface area contributed by atoms with Gasteiger partial charge in [0.25, 0.3) is 0 Å². The molecular weight excluding hydrogens is 553 g/mol. The summed E-state index contributed by atoms with van der Waals surface area (Å²) >= 11 is 12.4. The maximum absolute atomic E-state index is 11.8. The van der Waals surface area contributed by atoms with Crippen molar-refractivity contribution in [1.29, 1.82) is 0 Å². The lowest BCUT2D eigenvalue weighted by Gasteiger charge is -2.37. The third-order valence-corrected chi connectivity index (χ3v) is 7.87. The molecule has 0 spiro atoms. The third-order valence-electron chi connectivity index (χ3n) is 7.32. The Bertz CT molecular complexity index is 1520. The molecule has 2 saturated heterocycles. The first-order valence-corrected chi connectivity index (χ1v) is 13.9. The number of hydrogen-bond acceptors (Lipinski definition) is 7. The van der Waals surface area contributed by atoms with Gasteiger partial charge in [0, 0.05) is 48.1 Å². The van der Waals surface area contributed by atoms with E-state index in [-0.39, 0.29) is 11.8 Å². The van der Waals surface area contributed by atoms with Crippen molar-refractivity contribution in [3.8, 4) is 11.4 Å². The number of anilines is 2. The number of nitrogens with one attached hydrogen (secondary N) is 1. The summed E-state index contributed by atoms with van der Waals surface area (Å²) in [6.45, 7) is 6.24. The van der Waals surface area contributed by atoms with E-state index in [9.17, 15) is 4.79 Å². The van der Waals surface area contributed by atoms with Gasteiger partial charge in [0.2, 0.25) is 0 Å². The standard InChI is InChI=1S/C29H29Cl2N5O4/c1-29(26-11-2-20(30)16-27(26)31)39-18-25(40-29)17-38-24-9-7-22(8-10-24)35-14-12-34(13-15-35)21-3-5-23(6-4-21)36-19-32-33-28(36)37/h2-11,16,19,25H,12-15,17-18H2,1H3,(H,33,37)/t25-,29+/m1/s1. The maximum Gasteiger partial charge on any atom is 0.347 e. The van der Waals surface area contributed by atoms with Crippen LogP contribution in [0.3, 0.4) is 0 Å². The number of ether oxygens (including phenoxy) is 3. The molecular formula is C29H29Cl2N5O4. The van der Waals surface area contributed by atoms with Crippen molar-refractivity contribution in [2.75, 3.05) is 49.2 Å². The molecule has 1 N–H and O–H groups in total. The Morgan fingerprint density at radius 2 is 1.57 bits per heavy atom. The van der Waals surface area contributed by atoms with E-state index in [0.717, 1.165) is 54.6 Å². The fourth-order valence-corrected chi connectivity index (χ4v) is 5.72. The van der Waals surface area contributed by atoms with E-state index in [1.54, 1.807) is 12.1 Å². The number of hydrogen-bond donors (Lipinski definition) is 1. The molecule has 3 heterocycles. The summed E-state index contributed by atoms with van der Waals surface area (Å²) in [6, 6.07) is 21.4. The van der Waals surface area contributed by atoms with Crippen LogP contribution in [-0.4, -0.2) is 60.3 Å². The summed E-state index contributed by atoms with van der Waals surface area (Å²) in [5.41, 5.74) is 3.58. The van der Waals surface area contributed by atoms with Crippen molar-refractivity contribution in [3.05, 3.63) is 99.2 Å². The SMILES string of the molecule is C[C@]1(c2ccc(Cl)cc2Cl)OC[C@@H](COc2ccc(N3CCN(c4ccc(-n5cn[nH]c5=O)cc4)CC3)cc2)O1. The minimum Gasteiger partial charge on any atom is -0.491 e. The number of aromatic amines is 1. The molecule has 1 aromatic heterocycles. The molecule has 2 aliphatic heterocycles. The predicted molar refractivity (Wildman–Crippen MR) is 155 cm³/mol. The van der Waals surface area contributed by atoms with Gasteiger partial charge in [-0.05, 0) is 67.6 Å². The van der Waals surface area contributed by atoms with Gasteiger partial charge in [0.15, 0.2) is 5.79 Å². The number of piperazine rings is 1. The van der Waals surface area contributed by atoms with E-state index in [4.69, 9.17) is 37.4 Å². The minimum atomic E-state index is -0.941. The molecule has 2 atom stereocenters. The number of nitrogens with zero attached hydrogens (tertiary/aromatic N) is 4. The lowest BCUT2D eigenvalue weighted by Crippen LogP contribution is -2.46. The number of benzene rings is 3. The first kappa shape index (κ1) is 26.7. The second-order valence-electron chi connectivity index (χ2n) is 9.95. The third kappa shape index (κ3) is 5.55. The number of rotatable bonds is 7. The Hall–Kier alpha value is -3.50. The highest BCUT2D eigenvalue weighted by molar-refractivity contribution is 6.35. The van der Waals surface area contributed by atoms with Gasteiger partial charge in [0.1, 0.15) is 24.8 Å². The number of halogens is 2. The lowest BCUT2D eigenvalue weighted by molar-refractivity contribution is -0.164. The molecule has 4 aromatic rings. The average molecular weight is 582 g/mol. The van der Waals surface area contributed by atoms with Crippen molar-refractivity contribution in [2.24, 2.45) is 0 Å². The Labute approximate surface area is 241 Å². The summed E-state index contributed by atoms with van der Waals surface area (Å²) in [7, 11) is 0.